The van der Waals surface area contributed by atoms with E-state index in [0.29, 0.717) is 27.9 Å². The SMILES string of the molecule is Cc1c(NCC(=O)Nc2ccc(C(C)C)cc2)cc(Cl)cc1S(C)(=O)=O. The molecule has 5 nitrogen and oxygen atoms in total. The number of hydrogen-bond donors (Lipinski definition) is 2. The van der Waals surface area contributed by atoms with Crippen LogP contribution in [0.4, 0.5) is 11.4 Å². The predicted octanol–water partition coefficient (Wildman–Crippen LogP) is 4.23. The van der Waals surface area contributed by atoms with E-state index in [0.717, 1.165) is 6.26 Å². The molecule has 2 N–H and O–H groups in total. The first-order valence-electron chi connectivity index (χ1n) is 8.22. The van der Waals surface area contributed by atoms with E-state index in [1.807, 2.05) is 24.3 Å². The molecule has 2 rings (SSSR count). The molecule has 1 amide bonds. The van der Waals surface area contributed by atoms with Gasteiger partial charge in [-0.05, 0) is 48.2 Å². The fourth-order valence-corrected chi connectivity index (χ4v) is 3.84. The molecule has 0 heterocycles. The average molecular weight is 395 g/mol. The largest absolute Gasteiger partial charge is 0.376 e. The van der Waals surface area contributed by atoms with E-state index >= 15 is 0 Å². The van der Waals surface area contributed by atoms with Gasteiger partial charge in [-0.15, -0.1) is 0 Å². The Balaban J connectivity index is 2.06. The van der Waals surface area contributed by atoms with Crippen molar-refractivity contribution >= 4 is 38.7 Å². The molecule has 0 aromatic heterocycles. The summed E-state index contributed by atoms with van der Waals surface area (Å²) in [4.78, 5) is 12.3. The average Bonchev–Trinajstić information content (AvgIpc) is 2.54. The quantitative estimate of drug-likeness (QED) is 0.768. The molecule has 26 heavy (non-hydrogen) atoms. The van der Waals surface area contributed by atoms with Crippen LogP contribution in [0.1, 0.15) is 30.9 Å². The molecule has 7 heteroatoms. The Morgan fingerprint density at radius 3 is 2.31 bits per heavy atom. The van der Waals surface area contributed by atoms with Crippen molar-refractivity contribution in [1.82, 2.24) is 0 Å². The molecule has 2 aromatic rings. The molecule has 0 fully saturated rings. The molecular formula is C19H23ClN2O3S. The van der Waals surface area contributed by atoms with Crippen molar-refractivity contribution in [1.29, 1.82) is 0 Å². The van der Waals surface area contributed by atoms with Gasteiger partial charge in [-0.1, -0.05) is 37.6 Å². The maximum absolute atomic E-state index is 12.2. The van der Waals surface area contributed by atoms with Crippen molar-refractivity contribution in [3.8, 4) is 0 Å². The Morgan fingerprint density at radius 2 is 1.77 bits per heavy atom. The minimum Gasteiger partial charge on any atom is -0.376 e. The summed E-state index contributed by atoms with van der Waals surface area (Å²) in [6.07, 6.45) is 1.13. The highest BCUT2D eigenvalue weighted by atomic mass is 35.5. The second kappa shape index (κ2) is 8.10. The van der Waals surface area contributed by atoms with Gasteiger partial charge >= 0.3 is 0 Å². The minimum absolute atomic E-state index is 0.00365. The molecular weight excluding hydrogens is 372 g/mol. The van der Waals surface area contributed by atoms with Crippen LogP contribution < -0.4 is 10.6 Å². The minimum atomic E-state index is -3.40. The number of rotatable bonds is 6. The summed E-state index contributed by atoms with van der Waals surface area (Å²) >= 11 is 6.01. The first-order valence-corrected chi connectivity index (χ1v) is 10.5. The van der Waals surface area contributed by atoms with Crippen LogP contribution >= 0.6 is 11.6 Å². The van der Waals surface area contributed by atoms with Crippen LogP contribution in [0.25, 0.3) is 0 Å². The number of anilines is 2. The van der Waals surface area contributed by atoms with Gasteiger partial charge in [0.25, 0.3) is 0 Å². The number of sulfone groups is 1. The second-order valence-electron chi connectivity index (χ2n) is 6.53. The fraction of sp³-hybridized carbons (Fsp3) is 0.316. The van der Waals surface area contributed by atoms with E-state index in [9.17, 15) is 13.2 Å². The van der Waals surface area contributed by atoms with Gasteiger partial charge in [0.1, 0.15) is 0 Å². The van der Waals surface area contributed by atoms with Crippen LogP contribution in [0.15, 0.2) is 41.3 Å². The maximum Gasteiger partial charge on any atom is 0.243 e. The van der Waals surface area contributed by atoms with E-state index in [2.05, 4.69) is 24.5 Å². The summed E-state index contributed by atoms with van der Waals surface area (Å²) in [6, 6.07) is 10.7. The second-order valence-corrected chi connectivity index (χ2v) is 8.95. The lowest BCUT2D eigenvalue weighted by molar-refractivity contribution is -0.114. The maximum atomic E-state index is 12.2. The number of hydrogen-bond acceptors (Lipinski definition) is 4. The van der Waals surface area contributed by atoms with Crippen LogP contribution in [-0.2, 0) is 14.6 Å². The van der Waals surface area contributed by atoms with Gasteiger partial charge in [0.2, 0.25) is 5.91 Å². The Morgan fingerprint density at radius 1 is 1.15 bits per heavy atom. The van der Waals surface area contributed by atoms with E-state index in [1.54, 1.807) is 13.0 Å². The Bertz CT molecular complexity index is 907. The normalized spacial score (nSPS) is 11.5. The van der Waals surface area contributed by atoms with E-state index in [1.165, 1.54) is 11.6 Å². The summed E-state index contributed by atoms with van der Waals surface area (Å²) in [5.74, 6) is 0.193. The molecule has 0 aliphatic rings. The zero-order valence-corrected chi connectivity index (χ0v) is 16.8. The summed E-state index contributed by atoms with van der Waals surface area (Å²) in [6.45, 7) is 5.89. The third-order valence-electron chi connectivity index (χ3n) is 4.02. The zero-order chi connectivity index (χ0) is 19.5. The van der Waals surface area contributed by atoms with Gasteiger partial charge in [-0.2, -0.15) is 0 Å². The summed E-state index contributed by atoms with van der Waals surface area (Å²) < 4.78 is 23.7. The number of benzene rings is 2. The molecule has 0 radical (unpaired) electrons. The third kappa shape index (κ3) is 5.22. The highest BCUT2D eigenvalue weighted by molar-refractivity contribution is 7.90. The van der Waals surface area contributed by atoms with Gasteiger partial charge in [-0.25, -0.2) is 8.42 Å². The molecule has 0 aliphatic heterocycles. The predicted molar refractivity (Wildman–Crippen MR) is 107 cm³/mol. The van der Waals surface area contributed by atoms with Crippen molar-refractivity contribution < 1.29 is 13.2 Å². The lowest BCUT2D eigenvalue weighted by atomic mass is 10.0. The highest BCUT2D eigenvalue weighted by Gasteiger charge is 2.15. The van der Waals surface area contributed by atoms with Crippen molar-refractivity contribution in [2.24, 2.45) is 0 Å². The van der Waals surface area contributed by atoms with Crippen molar-refractivity contribution in [3.05, 3.63) is 52.5 Å². The Kier molecular flexibility index (Phi) is 6.31. The first kappa shape index (κ1) is 20.3. The van der Waals surface area contributed by atoms with Gasteiger partial charge in [0.15, 0.2) is 9.84 Å². The van der Waals surface area contributed by atoms with Gasteiger partial charge in [-0.3, -0.25) is 4.79 Å². The van der Waals surface area contributed by atoms with Gasteiger partial charge in [0, 0.05) is 22.7 Å². The summed E-state index contributed by atoms with van der Waals surface area (Å²) in [5, 5.41) is 6.05. The molecule has 0 atom stereocenters. The summed E-state index contributed by atoms with van der Waals surface area (Å²) in [7, 11) is -3.40. The van der Waals surface area contributed by atoms with Crippen LogP contribution in [0.3, 0.4) is 0 Å². The monoisotopic (exact) mass is 394 g/mol. The number of carbonyl (C=O) groups is 1. The molecule has 0 saturated heterocycles. The van der Waals surface area contributed by atoms with Gasteiger partial charge < -0.3 is 10.6 Å². The van der Waals surface area contributed by atoms with E-state index in [4.69, 9.17) is 11.6 Å². The molecule has 0 saturated carbocycles. The number of amides is 1. The summed E-state index contributed by atoms with van der Waals surface area (Å²) in [5.41, 5.74) is 2.96. The van der Waals surface area contributed by atoms with Crippen molar-refractivity contribution in [2.75, 3.05) is 23.4 Å². The number of nitrogens with one attached hydrogen (secondary N) is 2. The molecule has 0 unspecified atom stereocenters. The van der Waals surface area contributed by atoms with Crippen LogP contribution in [-0.4, -0.2) is 27.1 Å². The van der Waals surface area contributed by atoms with Gasteiger partial charge in [0.05, 0.1) is 11.4 Å². The lowest BCUT2D eigenvalue weighted by Crippen LogP contribution is -2.22. The smallest absolute Gasteiger partial charge is 0.243 e. The Hall–Kier alpha value is -2.05. The first-order chi connectivity index (χ1) is 12.1. The molecule has 0 spiro atoms. The Labute approximate surface area is 159 Å². The standard InChI is InChI=1S/C19H23ClN2O3S/c1-12(2)14-5-7-16(8-6-14)22-19(23)11-21-17-9-15(20)10-18(13(17)3)26(4,24)25/h5-10,12,21H,11H2,1-4H3,(H,22,23). The number of halogens is 1. The lowest BCUT2D eigenvalue weighted by Gasteiger charge is -2.14. The van der Waals surface area contributed by atoms with Crippen LogP contribution in [0.2, 0.25) is 5.02 Å². The van der Waals surface area contributed by atoms with E-state index in [-0.39, 0.29) is 17.3 Å². The van der Waals surface area contributed by atoms with Crippen LogP contribution in [0.5, 0.6) is 0 Å². The molecule has 0 aliphatic carbocycles. The zero-order valence-electron chi connectivity index (χ0n) is 15.3. The fourth-order valence-electron chi connectivity index (χ4n) is 2.55. The third-order valence-corrected chi connectivity index (χ3v) is 5.47. The molecule has 140 valence electrons. The van der Waals surface area contributed by atoms with Crippen molar-refractivity contribution in [3.63, 3.8) is 0 Å². The number of carbonyl (C=O) groups excluding carboxylic acids is 1. The van der Waals surface area contributed by atoms with Crippen molar-refractivity contribution in [2.45, 2.75) is 31.6 Å². The highest BCUT2D eigenvalue weighted by Crippen LogP contribution is 2.28. The topological polar surface area (TPSA) is 75.3 Å². The van der Waals surface area contributed by atoms with E-state index < -0.39 is 9.84 Å². The molecule has 2 aromatic carbocycles. The van der Waals surface area contributed by atoms with Crippen LogP contribution in [0, 0.1) is 6.92 Å². The molecule has 0 bridgehead atoms.